The Bertz CT molecular complexity index is 966. The highest BCUT2D eigenvalue weighted by Crippen LogP contribution is 2.23. The third-order valence-corrected chi connectivity index (χ3v) is 5.46. The fourth-order valence-corrected chi connectivity index (χ4v) is 3.49. The van der Waals surface area contributed by atoms with Crippen molar-refractivity contribution >= 4 is 23.4 Å². The molecule has 1 atom stereocenters. The number of benzene rings is 1. The van der Waals surface area contributed by atoms with E-state index in [-0.39, 0.29) is 11.9 Å². The molecule has 2 aromatic heterocycles. The first-order valence-electron chi connectivity index (χ1n) is 9.07. The maximum atomic E-state index is 12.6. The van der Waals surface area contributed by atoms with E-state index in [0.29, 0.717) is 28.2 Å². The van der Waals surface area contributed by atoms with E-state index in [0.717, 1.165) is 17.0 Å². The Morgan fingerprint density at radius 3 is 2.67 bits per heavy atom. The zero-order valence-electron chi connectivity index (χ0n) is 16.4. The average Bonchev–Trinajstić information content (AvgIpc) is 3.03. The molecular weight excluding hydrogens is 358 g/mol. The Kier molecular flexibility index (Phi) is 5.79. The Morgan fingerprint density at radius 1 is 1.19 bits per heavy atom. The quantitative estimate of drug-likeness (QED) is 0.656. The minimum absolute atomic E-state index is 0.0384. The lowest BCUT2D eigenvalue weighted by atomic mass is 10.0. The summed E-state index contributed by atoms with van der Waals surface area (Å²) in [5, 5.41) is 8.25. The van der Waals surface area contributed by atoms with E-state index in [1.165, 1.54) is 11.8 Å². The number of hydrogen-bond donors (Lipinski definition) is 1. The first-order chi connectivity index (χ1) is 12.8. The van der Waals surface area contributed by atoms with Crippen LogP contribution in [0.25, 0.3) is 5.78 Å². The van der Waals surface area contributed by atoms with Gasteiger partial charge in [-0.05, 0) is 44.4 Å². The van der Waals surface area contributed by atoms with Gasteiger partial charge in [-0.25, -0.2) is 9.50 Å². The van der Waals surface area contributed by atoms with Crippen molar-refractivity contribution in [2.75, 3.05) is 0 Å². The highest BCUT2D eigenvalue weighted by atomic mass is 32.2. The van der Waals surface area contributed by atoms with E-state index in [2.05, 4.69) is 34.2 Å². The van der Waals surface area contributed by atoms with Crippen molar-refractivity contribution in [1.82, 2.24) is 24.9 Å². The summed E-state index contributed by atoms with van der Waals surface area (Å²) < 4.78 is 1.75. The van der Waals surface area contributed by atoms with Crippen LogP contribution >= 0.6 is 11.8 Å². The second-order valence-corrected chi connectivity index (χ2v) is 8.04. The summed E-state index contributed by atoms with van der Waals surface area (Å²) in [6.07, 6.45) is 0. The number of amides is 1. The third-order valence-electron chi connectivity index (χ3n) is 4.58. The third kappa shape index (κ3) is 4.47. The zero-order chi connectivity index (χ0) is 19.6. The van der Waals surface area contributed by atoms with Crippen LogP contribution in [-0.4, -0.2) is 31.5 Å². The summed E-state index contributed by atoms with van der Waals surface area (Å²) >= 11 is 1.51. The van der Waals surface area contributed by atoms with Gasteiger partial charge in [0.1, 0.15) is 0 Å². The van der Waals surface area contributed by atoms with Gasteiger partial charge in [-0.2, -0.15) is 4.98 Å². The predicted octanol–water partition coefficient (Wildman–Crippen LogP) is 3.81. The number of nitrogens with one attached hydrogen (secondary N) is 1. The van der Waals surface area contributed by atoms with Gasteiger partial charge in [0, 0.05) is 28.7 Å². The van der Waals surface area contributed by atoms with Crippen LogP contribution in [0.1, 0.15) is 48.1 Å². The summed E-state index contributed by atoms with van der Waals surface area (Å²) in [5.41, 5.74) is 3.59. The molecule has 3 rings (SSSR count). The van der Waals surface area contributed by atoms with Crippen LogP contribution < -0.4 is 5.32 Å². The van der Waals surface area contributed by atoms with Crippen molar-refractivity contribution < 1.29 is 4.79 Å². The van der Waals surface area contributed by atoms with Gasteiger partial charge in [0.2, 0.25) is 5.16 Å². The largest absolute Gasteiger partial charge is 0.349 e. The van der Waals surface area contributed by atoms with Crippen LogP contribution in [0.15, 0.2) is 35.5 Å². The van der Waals surface area contributed by atoms with Gasteiger partial charge in [-0.1, -0.05) is 43.8 Å². The van der Waals surface area contributed by atoms with Gasteiger partial charge in [0.25, 0.3) is 11.7 Å². The van der Waals surface area contributed by atoms with Gasteiger partial charge < -0.3 is 5.32 Å². The molecule has 0 saturated heterocycles. The van der Waals surface area contributed by atoms with Gasteiger partial charge in [-0.15, -0.1) is 5.10 Å². The van der Waals surface area contributed by atoms with E-state index in [4.69, 9.17) is 0 Å². The summed E-state index contributed by atoms with van der Waals surface area (Å²) in [6, 6.07) is 9.78. The molecule has 1 amide bonds. The van der Waals surface area contributed by atoms with Crippen molar-refractivity contribution in [1.29, 1.82) is 0 Å². The summed E-state index contributed by atoms with van der Waals surface area (Å²) in [4.78, 5) is 21.6. The Hall–Kier alpha value is -2.41. The lowest BCUT2D eigenvalue weighted by Crippen LogP contribution is -2.36. The van der Waals surface area contributed by atoms with Crippen molar-refractivity contribution in [3.8, 4) is 0 Å². The first-order valence-corrected chi connectivity index (χ1v) is 10.1. The molecule has 27 heavy (non-hydrogen) atoms. The molecule has 3 aromatic rings. The van der Waals surface area contributed by atoms with Gasteiger partial charge >= 0.3 is 0 Å². The molecular formula is C20H25N5OS. The normalized spacial score (nSPS) is 12.5. The Morgan fingerprint density at radius 2 is 1.93 bits per heavy atom. The minimum atomic E-state index is -0.0384. The predicted molar refractivity (Wildman–Crippen MR) is 108 cm³/mol. The number of fused-ring (bicyclic) bond motifs is 1. The number of aryl methyl sites for hydroxylation is 2. The summed E-state index contributed by atoms with van der Waals surface area (Å²) in [5.74, 6) is 1.57. The van der Waals surface area contributed by atoms with Crippen LogP contribution in [0, 0.1) is 19.8 Å². The van der Waals surface area contributed by atoms with Gasteiger partial charge in [-0.3, -0.25) is 4.79 Å². The monoisotopic (exact) mass is 383 g/mol. The highest BCUT2D eigenvalue weighted by Gasteiger charge is 2.16. The van der Waals surface area contributed by atoms with Crippen LogP contribution in [0.4, 0.5) is 0 Å². The molecule has 142 valence electrons. The lowest BCUT2D eigenvalue weighted by Gasteiger charge is -2.18. The molecule has 0 bridgehead atoms. The molecule has 0 fully saturated rings. The summed E-state index contributed by atoms with van der Waals surface area (Å²) in [7, 11) is 0. The lowest BCUT2D eigenvalue weighted by molar-refractivity contribution is 0.0930. The number of aromatic nitrogens is 4. The minimum Gasteiger partial charge on any atom is -0.349 e. The second kappa shape index (κ2) is 8.08. The molecule has 0 spiro atoms. The van der Waals surface area contributed by atoms with Crippen molar-refractivity contribution in [3.63, 3.8) is 0 Å². The second-order valence-electron chi connectivity index (χ2n) is 7.10. The molecule has 0 aliphatic heterocycles. The Labute approximate surface area is 163 Å². The van der Waals surface area contributed by atoms with Crippen LogP contribution in [0.3, 0.4) is 0 Å². The Balaban J connectivity index is 1.77. The highest BCUT2D eigenvalue weighted by molar-refractivity contribution is 7.98. The molecule has 0 aliphatic carbocycles. The smallest absolute Gasteiger partial charge is 0.253 e. The molecule has 6 nitrogen and oxygen atoms in total. The molecule has 0 saturated carbocycles. The fraction of sp³-hybridized carbons (Fsp3) is 0.400. The van der Waals surface area contributed by atoms with E-state index in [1.54, 1.807) is 4.52 Å². The summed E-state index contributed by atoms with van der Waals surface area (Å²) in [6.45, 7) is 10.2. The topological polar surface area (TPSA) is 72.2 Å². The number of carbonyl (C=O) groups excluding carboxylic acids is 1. The van der Waals surface area contributed by atoms with Crippen LogP contribution in [-0.2, 0) is 5.75 Å². The van der Waals surface area contributed by atoms with Gasteiger partial charge in [0.15, 0.2) is 0 Å². The van der Waals surface area contributed by atoms with E-state index < -0.39 is 0 Å². The van der Waals surface area contributed by atoms with Crippen molar-refractivity contribution in [3.05, 3.63) is 52.8 Å². The maximum Gasteiger partial charge on any atom is 0.253 e. The molecule has 7 heteroatoms. The fourth-order valence-electron chi connectivity index (χ4n) is 2.67. The van der Waals surface area contributed by atoms with E-state index in [1.807, 2.05) is 51.1 Å². The SMILES string of the molecule is Cc1cc(C)n2nc(SCc3ccccc3C(=O)NC(C)C(C)C)nc2n1. The maximum absolute atomic E-state index is 12.6. The molecule has 0 radical (unpaired) electrons. The van der Waals surface area contributed by atoms with Gasteiger partial charge in [0.05, 0.1) is 0 Å². The molecule has 2 heterocycles. The van der Waals surface area contributed by atoms with E-state index in [9.17, 15) is 4.79 Å². The molecule has 0 aliphatic rings. The molecule has 1 N–H and O–H groups in total. The average molecular weight is 384 g/mol. The molecule has 1 aromatic carbocycles. The van der Waals surface area contributed by atoms with Crippen molar-refractivity contribution in [2.24, 2.45) is 5.92 Å². The standard InChI is InChI=1S/C20H25N5OS/c1-12(2)15(5)22-18(26)17-9-7-6-8-16(17)11-27-20-23-19-21-13(3)10-14(4)25(19)24-20/h6-10,12,15H,11H2,1-5H3,(H,22,26). The number of thioether (sulfide) groups is 1. The number of hydrogen-bond acceptors (Lipinski definition) is 5. The zero-order valence-corrected chi connectivity index (χ0v) is 17.2. The number of rotatable bonds is 6. The van der Waals surface area contributed by atoms with E-state index >= 15 is 0 Å². The first kappa shape index (κ1) is 19.4. The van der Waals surface area contributed by atoms with Crippen LogP contribution in [0.2, 0.25) is 0 Å². The number of carbonyl (C=O) groups is 1. The molecule has 1 unspecified atom stereocenters. The van der Waals surface area contributed by atoms with Crippen molar-refractivity contribution in [2.45, 2.75) is 51.6 Å². The van der Waals surface area contributed by atoms with Crippen LogP contribution in [0.5, 0.6) is 0 Å². The number of nitrogens with zero attached hydrogens (tertiary/aromatic N) is 4.